The lowest BCUT2D eigenvalue weighted by Gasteiger charge is -2.26. The number of carbonyl (C=O) groups excluding carboxylic acids is 1. The van der Waals surface area contributed by atoms with Crippen LogP contribution in [-0.4, -0.2) is 33.3 Å². The van der Waals surface area contributed by atoms with Gasteiger partial charge in [-0.1, -0.05) is 5.10 Å². The Bertz CT molecular complexity index is 1170. The van der Waals surface area contributed by atoms with Gasteiger partial charge < -0.3 is 24.9 Å². The number of hydrogen-bond donors (Lipinski definition) is 3. The zero-order chi connectivity index (χ0) is 24.2. The van der Waals surface area contributed by atoms with E-state index < -0.39 is 35.2 Å². The Morgan fingerprint density at radius 3 is 2.24 bits per heavy atom. The summed E-state index contributed by atoms with van der Waals surface area (Å²) in [5.74, 6) is -6.07. The SMILES string of the molecule is O=C(Nc1ccc(OC2CCC(C(=O)O)CC2)cc1)c1nnc(Nc2cc(F)c(F)c(F)c2)o1. The maximum Gasteiger partial charge on any atom is 0.320 e. The van der Waals surface area contributed by atoms with Gasteiger partial charge in [0, 0.05) is 23.5 Å². The summed E-state index contributed by atoms with van der Waals surface area (Å²) in [6.07, 6.45) is 2.38. The molecule has 1 saturated carbocycles. The molecule has 1 fully saturated rings. The summed E-state index contributed by atoms with van der Waals surface area (Å²) >= 11 is 0. The molecule has 3 N–H and O–H groups in total. The topological polar surface area (TPSA) is 127 Å². The third kappa shape index (κ3) is 5.45. The van der Waals surface area contributed by atoms with Gasteiger partial charge in [0.05, 0.1) is 12.0 Å². The molecule has 12 heteroatoms. The second-order valence-electron chi connectivity index (χ2n) is 7.70. The van der Waals surface area contributed by atoms with E-state index in [1.165, 1.54) is 0 Å². The molecule has 0 aliphatic heterocycles. The number of halogens is 3. The van der Waals surface area contributed by atoms with E-state index in [2.05, 4.69) is 20.8 Å². The van der Waals surface area contributed by atoms with E-state index >= 15 is 0 Å². The van der Waals surface area contributed by atoms with Crippen LogP contribution in [-0.2, 0) is 4.79 Å². The predicted molar refractivity (Wildman–Crippen MR) is 112 cm³/mol. The molecule has 1 aliphatic rings. The first kappa shape index (κ1) is 23.1. The molecule has 34 heavy (non-hydrogen) atoms. The van der Waals surface area contributed by atoms with Crippen molar-refractivity contribution in [3.63, 3.8) is 0 Å². The Balaban J connectivity index is 1.31. The van der Waals surface area contributed by atoms with Crippen molar-refractivity contribution < 1.29 is 37.0 Å². The smallest absolute Gasteiger partial charge is 0.320 e. The molecule has 1 heterocycles. The Hall–Kier alpha value is -4.09. The number of carboxylic acid groups (broad SMARTS) is 1. The lowest BCUT2D eigenvalue weighted by molar-refractivity contribution is -0.143. The van der Waals surface area contributed by atoms with Crippen LogP contribution in [0.5, 0.6) is 5.75 Å². The highest BCUT2D eigenvalue weighted by atomic mass is 19.2. The number of nitrogens with one attached hydrogen (secondary N) is 2. The highest BCUT2D eigenvalue weighted by molar-refractivity contribution is 6.00. The largest absolute Gasteiger partial charge is 0.490 e. The number of carbonyl (C=O) groups is 2. The van der Waals surface area contributed by atoms with Crippen LogP contribution in [0, 0.1) is 23.4 Å². The highest BCUT2D eigenvalue weighted by Gasteiger charge is 2.27. The second kappa shape index (κ2) is 9.81. The number of carboxylic acids is 1. The number of nitrogens with zero attached hydrogens (tertiary/aromatic N) is 2. The zero-order valence-electron chi connectivity index (χ0n) is 17.6. The van der Waals surface area contributed by atoms with Gasteiger partial charge in [0.25, 0.3) is 0 Å². The van der Waals surface area contributed by atoms with Crippen molar-refractivity contribution in [1.29, 1.82) is 0 Å². The molecular formula is C22H19F3N4O5. The van der Waals surface area contributed by atoms with Crippen molar-refractivity contribution >= 4 is 29.3 Å². The third-order valence-electron chi connectivity index (χ3n) is 5.29. The number of amides is 1. The number of anilines is 3. The summed E-state index contributed by atoms with van der Waals surface area (Å²) < 4.78 is 50.7. The van der Waals surface area contributed by atoms with E-state index in [1.807, 2.05) is 0 Å². The quantitative estimate of drug-likeness (QED) is 0.426. The number of hydrogen-bond acceptors (Lipinski definition) is 7. The summed E-state index contributed by atoms with van der Waals surface area (Å²) in [5, 5.41) is 21.1. The minimum Gasteiger partial charge on any atom is -0.490 e. The summed E-state index contributed by atoms with van der Waals surface area (Å²) in [5.41, 5.74) is 0.237. The summed E-state index contributed by atoms with van der Waals surface area (Å²) in [7, 11) is 0. The number of aromatic nitrogens is 2. The number of rotatable bonds is 7. The number of ether oxygens (including phenoxy) is 1. The third-order valence-corrected chi connectivity index (χ3v) is 5.29. The molecule has 178 valence electrons. The van der Waals surface area contributed by atoms with E-state index in [0.29, 0.717) is 49.3 Å². The first-order valence-electron chi connectivity index (χ1n) is 10.3. The Morgan fingerprint density at radius 2 is 1.62 bits per heavy atom. The van der Waals surface area contributed by atoms with Crippen LogP contribution in [0.2, 0.25) is 0 Å². The molecule has 0 atom stereocenters. The van der Waals surface area contributed by atoms with E-state index in [4.69, 9.17) is 14.3 Å². The number of benzene rings is 2. The summed E-state index contributed by atoms with van der Waals surface area (Å²) in [6, 6.07) is 7.62. The van der Waals surface area contributed by atoms with Crippen LogP contribution >= 0.6 is 0 Å². The lowest BCUT2D eigenvalue weighted by atomic mass is 9.87. The second-order valence-corrected chi connectivity index (χ2v) is 7.70. The molecule has 4 rings (SSSR count). The van der Waals surface area contributed by atoms with Gasteiger partial charge in [-0.3, -0.25) is 9.59 Å². The highest BCUT2D eigenvalue weighted by Crippen LogP contribution is 2.28. The summed E-state index contributed by atoms with van der Waals surface area (Å²) in [4.78, 5) is 23.4. The van der Waals surface area contributed by atoms with E-state index in [-0.39, 0.29) is 23.7 Å². The van der Waals surface area contributed by atoms with Gasteiger partial charge in [-0.15, -0.1) is 5.10 Å². The van der Waals surface area contributed by atoms with E-state index in [0.717, 1.165) is 0 Å². The fourth-order valence-electron chi connectivity index (χ4n) is 3.54. The van der Waals surface area contributed by atoms with Crippen LogP contribution in [0.1, 0.15) is 36.4 Å². The molecule has 0 saturated heterocycles. The molecule has 0 bridgehead atoms. The van der Waals surface area contributed by atoms with Crippen LogP contribution in [0.25, 0.3) is 0 Å². The van der Waals surface area contributed by atoms with Gasteiger partial charge in [-0.05, 0) is 49.9 Å². The average Bonchev–Trinajstić information content (AvgIpc) is 3.28. The predicted octanol–water partition coefficient (Wildman–Crippen LogP) is 4.51. The molecule has 1 aromatic heterocycles. The maximum absolute atomic E-state index is 13.3. The fourth-order valence-corrected chi connectivity index (χ4v) is 3.54. The van der Waals surface area contributed by atoms with Crippen LogP contribution in [0.4, 0.5) is 30.6 Å². The van der Waals surface area contributed by atoms with Crippen molar-refractivity contribution in [1.82, 2.24) is 10.2 Å². The van der Waals surface area contributed by atoms with Crippen molar-refractivity contribution in [2.45, 2.75) is 31.8 Å². The Kier molecular flexibility index (Phi) is 6.66. The van der Waals surface area contributed by atoms with Crippen LogP contribution in [0.3, 0.4) is 0 Å². The minimum absolute atomic E-state index is 0.0663. The molecule has 1 aliphatic carbocycles. The molecule has 9 nitrogen and oxygen atoms in total. The molecule has 2 aromatic carbocycles. The maximum atomic E-state index is 13.3. The molecule has 3 aromatic rings. The van der Waals surface area contributed by atoms with Gasteiger partial charge in [-0.25, -0.2) is 13.2 Å². The first-order chi connectivity index (χ1) is 16.3. The van der Waals surface area contributed by atoms with Gasteiger partial charge >= 0.3 is 23.8 Å². The zero-order valence-corrected chi connectivity index (χ0v) is 17.6. The Labute approximate surface area is 190 Å². The van der Waals surface area contributed by atoms with Gasteiger partial charge in [0.1, 0.15) is 5.75 Å². The normalized spacial score (nSPS) is 17.7. The molecule has 1 amide bonds. The van der Waals surface area contributed by atoms with E-state index in [1.54, 1.807) is 24.3 Å². The molecular weight excluding hydrogens is 457 g/mol. The lowest BCUT2D eigenvalue weighted by Crippen LogP contribution is -2.27. The van der Waals surface area contributed by atoms with Crippen LogP contribution in [0.15, 0.2) is 40.8 Å². The van der Waals surface area contributed by atoms with Crippen molar-refractivity contribution in [2.24, 2.45) is 5.92 Å². The molecule has 0 unspecified atom stereocenters. The standard InChI is InChI=1S/C22H19F3N4O5/c23-16-9-13(10-17(24)18(16)25)27-22-29-28-20(34-22)19(30)26-12-3-7-15(8-4-12)33-14-5-1-11(2-6-14)21(31)32/h3-4,7-11,14H,1-2,5-6H2,(H,26,30)(H,27,29)(H,31,32). The Morgan fingerprint density at radius 1 is 0.971 bits per heavy atom. The van der Waals surface area contributed by atoms with Crippen molar-refractivity contribution in [3.05, 3.63) is 59.7 Å². The fraction of sp³-hybridized carbons (Fsp3) is 0.273. The first-order valence-corrected chi connectivity index (χ1v) is 10.3. The van der Waals surface area contributed by atoms with E-state index in [9.17, 15) is 22.8 Å². The van der Waals surface area contributed by atoms with Crippen LogP contribution < -0.4 is 15.4 Å². The van der Waals surface area contributed by atoms with Gasteiger partial charge in [0.15, 0.2) is 17.5 Å². The average molecular weight is 476 g/mol. The monoisotopic (exact) mass is 476 g/mol. The van der Waals surface area contributed by atoms with Crippen molar-refractivity contribution in [3.8, 4) is 5.75 Å². The molecule has 0 spiro atoms. The van der Waals surface area contributed by atoms with Crippen molar-refractivity contribution in [2.75, 3.05) is 10.6 Å². The van der Waals surface area contributed by atoms with Gasteiger partial charge in [0.2, 0.25) is 0 Å². The summed E-state index contributed by atoms with van der Waals surface area (Å²) in [6.45, 7) is 0. The minimum atomic E-state index is -1.61. The molecule has 0 radical (unpaired) electrons. The van der Waals surface area contributed by atoms with Gasteiger partial charge in [-0.2, -0.15) is 0 Å². The number of aliphatic carboxylic acids is 1.